The van der Waals surface area contributed by atoms with Gasteiger partial charge in [-0.15, -0.1) is 0 Å². The lowest BCUT2D eigenvalue weighted by molar-refractivity contribution is 0.235. The van der Waals surface area contributed by atoms with Crippen LogP contribution in [-0.2, 0) is 12.8 Å². The average molecular weight is 415 g/mol. The molecular weight excluding hydrogens is 391 g/mol. The summed E-state index contributed by atoms with van der Waals surface area (Å²) >= 11 is 5.89. The van der Waals surface area contributed by atoms with Gasteiger partial charge in [-0.25, -0.2) is 14.4 Å². The summed E-state index contributed by atoms with van der Waals surface area (Å²) < 4.78 is 13.4. The molecule has 1 fully saturated rings. The number of nitrogens with zero attached hydrogens (tertiary/aromatic N) is 4. The fraction of sp³-hybridized carbons (Fsp3) is 0.409. The van der Waals surface area contributed by atoms with E-state index in [1.165, 1.54) is 38.4 Å². The third-order valence-corrected chi connectivity index (χ3v) is 5.92. The highest BCUT2D eigenvalue weighted by atomic mass is 35.5. The molecule has 7 heteroatoms. The zero-order chi connectivity index (χ0) is 20.2. The predicted molar refractivity (Wildman–Crippen MR) is 113 cm³/mol. The Hall–Kier alpha value is -2.31. The molecule has 29 heavy (non-hydrogen) atoms. The Bertz CT molecular complexity index is 954. The molecule has 0 aliphatic carbocycles. The number of fused-ring (bicyclic) bond motifs is 1. The normalized spacial score (nSPS) is 17.3. The van der Waals surface area contributed by atoms with E-state index in [0.717, 1.165) is 41.8 Å². The molecule has 0 atom stereocenters. The molecule has 152 valence electrons. The molecule has 1 aromatic heterocycles. The Morgan fingerprint density at radius 2 is 2.03 bits per heavy atom. The molecule has 2 aliphatic rings. The molecule has 0 radical (unpaired) electrons. The summed E-state index contributed by atoms with van der Waals surface area (Å²) in [7, 11) is 0. The van der Waals surface area contributed by atoms with Crippen molar-refractivity contribution in [3.8, 4) is 0 Å². The number of aromatic nitrogens is 1. The predicted octanol–water partition coefficient (Wildman–Crippen LogP) is 4.80. The van der Waals surface area contributed by atoms with Crippen LogP contribution in [0.2, 0.25) is 5.02 Å². The molecule has 0 unspecified atom stereocenters. The molecule has 5 nitrogen and oxygen atoms in total. The molecule has 1 aromatic carbocycles. The molecule has 4 rings (SSSR count). The van der Waals surface area contributed by atoms with Crippen LogP contribution in [0.4, 0.5) is 10.2 Å². The molecule has 2 aromatic rings. The van der Waals surface area contributed by atoms with Gasteiger partial charge in [0.25, 0.3) is 0 Å². The Morgan fingerprint density at radius 1 is 1.21 bits per heavy atom. The lowest BCUT2D eigenvalue weighted by atomic mass is 9.96. The van der Waals surface area contributed by atoms with Crippen LogP contribution in [-0.4, -0.2) is 46.1 Å². The van der Waals surface area contributed by atoms with Gasteiger partial charge < -0.3 is 10.1 Å². The molecule has 1 saturated heterocycles. The van der Waals surface area contributed by atoms with E-state index in [1.54, 1.807) is 18.3 Å². The molecule has 0 bridgehead atoms. The van der Waals surface area contributed by atoms with E-state index in [2.05, 4.69) is 15.0 Å². The van der Waals surface area contributed by atoms with E-state index in [-0.39, 0.29) is 5.02 Å². The maximum atomic E-state index is 13.4. The minimum absolute atomic E-state index is 0.0584. The van der Waals surface area contributed by atoms with E-state index >= 15 is 0 Å². The van der Waals surface area contributed by atoms with Crippen LogP contribution in [0.1, 0.15) is 42.4 Å². The van der Waals surface area contributed by atoms with Crippen molar-refractivity contribution in [2.45, 2.75) is 38.5 Å². The summed E-state index contributed by atoms with van der Waals surface area (Å²) in [6, 6.07) is 6.38. The third-order valence-electron chi connectivity index (χ3n) is 5.63. The highest BCUT2D eigenvalue weighted by Gasteiger charge is 2.23. The molecule has 2 aliphatic heterocycles. The summed E-state index contributed by atoms with van der Waals surface area (Å²) in [5.74, 6) is 0.240. The zero-order valence-corrected chi connectivity index (χ0v) is 17.0. The van der Waals surface area contributed by atoms with Gasteiger partial charge in [0, 0.05) is 42.4 Å². The summed E-state index contributed by atoms with van der Waals surface area (Å²) in [6.45, 7) is 3.37. The SMILES string of the molecule is O/N=C(\Cc1ccc(F)c(Cl)c1)c1ccnc2c1CC(CCN1CCCCC1)=N2. The average Bonchev–Trinajstić information content (AvgIpc) is 3.17. The molecule has 0 spiro atoms. The second kappa shape index (κ2) is 9.01. The summed E-state index contributed by atoms with van der Waals surface area (Å²) in [5, 5.41) is 13.2. The molecular formula is C22H24ClFN4O. The first-order chi connectivity index (χ1) is 14.1. The van der Waals surface area contributed by atoms with Crippen LogP contribution in [0.25, 0.3) is 0 Å². The van der Waals surface area contributed by atoms with Crippen LogP contribution in [0.15, 0.2) is 40.6 Å². The van der Waals surface area contributed by atoms with Gasteiger partial charge in [-0.05, 0) is 56.1 Å². The quantitative estimate of drug-likeness (QED) is 0.419. The van der Waals surface area contributed by atoms with E-state index in [1.807, 2.05) is 6.07 Å². The number of benzene rings is 1. The van der Waals surface area contributed by atoms with Crippen molar-refractivity contribution in [1.82, 2.24) is 9.88 Å². The van der Waals surface area contributed by atoms with Gasteiger partial charge in [0.1, 0.15) is 5.82 Å². The number of likely N-dealkylation sites (tertiary alicyclic amines) is 1. The van der Waals surface area contributed by atoms with Crippen molar-refractivity contribution in [3.05, 3.63) is 58.0 Å². The molecule has 3 heterocycles. The number of aliphatic imine (C=N–C) groups is 1. The fourth-order valence-corrected chi connectivity index (χ4v) is 4.26. The van der Waals surface area contributed by atoms with Crippen molar-refractivity contribution in [2.24, 2.45) is 10.1 Å². The van der Waals surface area contributed by atoms with Crippen LogP contribution >= 0.6 is 11.6 Å². The second-order valence-electron chi connectivity index (χ2n) is 7.64. The van der Waals surface area contributed by atoms with Gasteiger partial charge in [0.2, 0.25) is 0 Å². The summed E-state index contributed by atoms with van der Waals surface area (Å²) in [6.07, 6.45) is 7.57. The third kappa shape index (κ3) is 4.65. The highest BCUT2D eigenvalue weighted by molar-refractivity contribution is 6.30. The Kier molecular flexibility index (Phi) is 6.21. The maximum Gasteiger partial charge on any atom is 0.155 e. The van der Waals surface area contributed by atoms with Crippen LogP contribution in [0, 0.1) is 5.82 Å². The maximum absolute atomic E-state index is 13.4. The summed E-state index contributed by atoms with van der Waals surface area (Å²) in [4.78, 5) is 11.6. The minimum Gasteiger partial charge on any atom is -0.411 e. The first kappa shape index (κ1) is 20.0. The minimum atomic E-state index is -0.463. The second-order valence-corrected chi connectivity index (χ2v) is 8.05. The van der Waals surface area contributed by atoms with Gasteiger partial charge in [0.15, 0.2) is 5.82 Å². The number of oxime groups is 1. The van der Waals surface area contributed by atoms with Crippen molar-refractivity contribution in [1.29, 1.82) is 0 Å². The van der Waals surface area contributed by atoms with E-state index in [4.69, 9.17) is 16.6 Å². The van der Waals surface area contributed by atoms with Gasteiger partial charge in [-0.3, -0.25) is 0 Å². The van der Waals surface area contributed by atoms with E-state index in [9.17, 15) is 9.60 Å². The molecule has 0 amide bonds. The van der Waals surface area contributed by atoms with Crippen molar-refractivity contribution >= 4 is 28.8 Å². The largest absolute Gasteiger partial charge is 0.411 e. The Morgan fingerprint density at radius 3 is 2.79 bits per heavy atom. The van der Waals surface area contributed by atoms with Crippen molar-refractivity contribution in [2.75, 3.05) is 19.6 Å². The molecule has 0 saturated carbocycles. The number of hydrogen-bond acceptors (Lipinski definition) is 5. The number of pyridine rings is 1. The Balaban J connectivity index is 1.47. The van der Waals surface area contributed by atoms with Gasteiger partial charge in [-0.1, -0.05) is 29.2 Å². The van der Waals surface area contributed by atoms with Crippen LogP contribution in [0.3, 0.4) is 0 Å². The van der Waals surface area contributed by atoms with Gasteiger partial charge >= 0.3 is 0 Å². The highest BCUT2D eigenvalue weighted by Crippen LogP contribution is 2.30. The van der Waals surface area contributed by atoms with E-state index < -0.39 is 5.82 Å². The lowest BCUT2D eigenvalue weighted by Crippen LogP contribution is -2.31. The topological polar surface area (TPSA) is 61.1 Å². The molecule has 1 N–H and O–H groups in total. The fourth-order valence-electron chi connectivity index (χ4n) is 4.06. The van der Waals surface area contributed by atoms with Crippen molar-refractivity contribution in [3.63, 3.8) is 0 Å². The first-order valence-corrected chi connectivity index (χ1v) is 10.4. The number of halogens is 2. The smallest absolute Gasteiger partial charge is 0.155 e. The first-order valence-electron chi connectivity index (χ1n) is 10.1. The number of rotatable bonds is 6. The van der Waals surface area contributed by atoms with Gasteiger partial charge in [0.05, 0.1) is 10.7 Å². The standard InChI is InChI=1S/C22H24ClFN4O/c23-19-12-15(4-5-20(19)24)13-21(27-29)17-6-8-25-22-18(17)14-16(26-22)7-11-28-9-2-1-3-10-28/h4-6,8,12,29H,1-3,7,9-11,13-14H2/b27-21+. The Labute approximate surface area is 174 Å². The van der Waals surface area contributed by atoms with E-state index in [0.29, 0.717) is 18.0 Å². The number of hydrogen-bond donors (Lipinski definition) is 1. The van der Waals surface area contributed by atoms with Crippen LogP contribution in [0.5, 0.6) is 0 Å². The van der Waals surface area contributed by atoms with Crippen LogP contribution < -0.4 is 0 Å². The van der Waals surface area contributed by atoms with Gasteiger partial charge in [-0.2, -0.15) is 0 Å². The summed E-state index contributed by atoms with van der Waals surface area (Å²) in [5.41, 5.74) is 4.21. The lowest BCUT2D eigenvalue weighted by Gasteiger charge is -2.26. The monoisotopic (exact) mass is 414 g/mol. The zero-order valence-electron chi connectivity index (χ0n) is 16.2. The number of piperidine rings is 1. The van der Waals surface area contributed by atoms with Crippen molar-refractivity contribution < 1.29 is 9.60 Å².